The van der Waals surface area contributed by atoms with Crippen LogP contribution in [-0.2, 0) is 0 Å². The van der Waals surface area contributed by atoms with Gasteiger partial charge in [0, 0.05) is 6.04 Å². The molecule has 1 N–H and O–H groups in total. The van der Waals surface area contributed by atoms with E-state index in [0.29, 0.717) is 0 Å². The summed E-state index contributed by atoms with van der Waals surface area (Å²) in [7, 11) is 0. The SMILES string of the molecule is C=C(C)CCC(C)CNC1CC1. The van der Waals surface area contributed by atoms with Gasteiger partial charge in [0.25, 0.3) is 0 Å². The zero-order valence-electron chi connectivity index (χ0n) is 8.40. The summed E-state index contributed by atoms with van der Waals surface area (Å²) in [5, 5.41) is 3.55. The Morgan fingerprint density at radius 1 is 1.58 bits per heavy atom. The minimum absolute atomic E-state index is 0.808. The van der Waals surface area contributed by atoms with Crippen LogP contribution < -0.4 is 5.32 Å². The summed E-state index contributed by atoms with van der Waals surface area (Å²) in [6, 6.07) is 0.859. The van der Waals surface area contributed by atoms with Crippen LogP contribution in [0.3, 0.4) is 0 Å². The Hall–Kier alpha value is -0.300. The average molecular weight is 167 g/mol. The summed E-state index contributed by atoms with van der Waals surface area (Å²) in [5.74, 6) is 0.808. The van der Waals surface area contributed by atoms with Crippen molar-refractivity contribution < 1.29 is 0 Å². The van der Waals surface area contributed by atoms with Crippen molar-refractivity contribution in [2.24, 2.45) is 5.92 Å². The molecule has 12 heavy (non-hydrogen) atoms. The van der Waals surface area contributed by atoms with Crippen molar-refractivity contribution in [3.05, 3.63) is 12.2 Å². The Morgan fingerprint density at radius 2 is 2.25 bits per heavy atom. The highest BCUT2D eigenvalue weighted by Crippen LogP contribution is 2.19. The van der Waals surface area contributed by atoms with E-state index in [-0.39, 0.29) is 0 Å². The zero-order valence-corrected chi connectivity index (χ0v) is 8.40. The van der Waals surface area contributed by atoms with Gasteiger partial charge >= 0.3 is 0 Å². The van der Waals surface area contributed by atoms with Gasteiger partial charge in [-0.1, -0.05) is 12.5 Å². The standard InChI is InChI=1S/C11H21N/c1-9(2)4-5-10(3)8-12-11-6-7-11/h10-12H,1,4-8H2,2-3H3. The molecular formula is C11H21N. The lowest BCUT2D eigenvalue weighted by Crippen LogP contribution is -2.23. The Labute approximate surface area is 76.2 Å². The van der Waals surface area contributed by atoms with E-state index in [1.165, 1.54) is 37.8 Å². The fourth-order valence-corrected chi connectivity index (χ4v) is 1.25. The minimum atomic E-state index is 0.808. The van der Waals surface area contributed by atoms with Crippen molar-refractivity contribution in [1.82, 2.24) is 5.32 Å². The third-order valence-electron chi connectivity index (χ3n) is 2.40. The maximum Gasteiger partial charge on any atom is 0.00683 e. The molecule has 0 aromatic rings. The van der Waals surface area contributed by atoms with Gasteiger partial charge in [-0.15, -0.1) is 6.58 Å². The van der Waals surface area contributed by atoms with Crippen LogP contribution in [0.1, 0.15) is 39.5 Å². The van der Waals surface area contributed by atoms with Gasteiger partial charge in [0.2, 0.25) is 0 Å². The van der Waals surface area contributed by atoms with Crippen molar-refractivity contribution in [3.8, 4) is 0 Å². The molecule has 1 aliphatic carbocycles. The van der Waals surface area contributed by atoms with Crippen LogP contribution >= 0.6 is 0 Å². The van der Waals surface area contributed by atoms with Crippen molar-refractivity contribution in [2.45, 2.75) is 45.6 Å². The highest BCUT2D eigenvalue weighted by molar-refractivity contribution is 4.88. The molecule has 1 rings (SSSR count). The normalized spacial score (nSPS) is 19.2. The molecule has 1 heteroatoms. The summed E-state index contributed by atoms with van der Waals surface area (Å²) in [4.78, 5) is 0. The average Bonchev–Trinajstić information content (AvgIpc) is 2.80. The first-order chi connectivity index (χ1) is 5.68. The second kappa shape index (κ2) is 4.66. The first-order valence-corrected chi connectivity index (χ1v) is 5.06. The first kappa shape index (κ1) is 9.79. The number of hydrogen-bond acceptors (Lipinski definition) is 1. The maximum absolute atomic E-state index is 3.91. The van der Waals surface area contributed by atoms with Crippen LogP contribution in [0, 0.1) is 5.92 Å². The van der Waals surface area contributed by atoms with Crippen LogP contribution in [0.25, 0.3) is 0 Å². The van der Waals surface area contributed by atoms with Gasteiger partial charge in [-0.2, -0.15) is 0 Å². The van der Waals surface area contributed by atoms with Gasteiger partial charge in [0.1, 0.15) is 0 Å². The third kappa shape index (κ3) is 4.55. The summed E-state index contributed by atoms with van der Waals surface area (Å²) in [6.07, 6.45) is 5.27. The van der Waals surface area contributed by atoms with E-state index < -0.39 is 0 Å². The van der Waals surface area contributed by atoms with Gasteiger partial charge in [-0.3, -0.25) is 0 Å². The predicted octanol–water partition coefficient (Wildman–Crippen LogP) is 2.73. The zero-order chi connectivity index (χ0) is 8.97. The highest BCUT2D eigenvalue weighted by atomic mass is 14.9. The molecular weight excluding hydrogens is 146 g/mol. The van der Waals surface area contributed by atoms with E-state index in [2.05, 4.69) is 25.7 Å². The molecule has 0 heterocycles. The molecule has 0 bridgehead atoms. The van der Waals surface area contributed by atoms with E-state index in [4.69, 9.17) is 0 Å². The predicted molar refractivity (Wildman–Crippen MR) is 54.2 cm³/mol. The smallest absolute Gasteiger partial charge is 0.00683 e. The molecule has 1 fully saturated rings. The Kier molecular flexibility index (Phi) is 3.80. The molecule has 0 spiro atoms. The Balaban J connectivity index is 1.94. The summed E-state index contributed by atoms with van der Waals surface area (Å²) < 4.78 is 0. The summed E-state index contributed by atoms with van der Waals surface area (Å²) in [6.45, 7) is 9.54. The second-order valence-corrected chi connectivity index (χ2v) is 4.28. The fraction of sp³-hybridized carbons (Fsp3) is 0.818. The van der Waals surface area contributed by atoms with Gasteiger partial charge < -0.3 is 5.32 Å². The maximum atomic E-state index is 3.91. The molecule has 0 aromatic heterocycles. The Morgan fingerprint density at radius 3 is 2.75 bits per heavy atom. The van der Waals surface area contributed by atoms with E-state index >= 15 is 0 Å². The van der Waals surface area contributed by atoms with Crippen LogP contribution in [0.2, 0.25) is 0 Å². The van der Waals surface area contributed by atoms with E-state index in [1.54, 1.807) is 0 Å². The lowest BCUT2D eigenvalue weighted by molar-refractivity contribution is 0.479. The minimum Gasteiger partial charge on any atom is -0.314 e. The number of hydrogen-bond donors (Lipinski definition) is 1. The summed E-state index contributed by atoms with van der Waals surface area (Å²) in [5.41, 5.74) is 1.31. The van der Waals surface area contributed by atoms with Crippen molar-refractivity contribution in [3.63, 3.8) is 0 Å². The molecule has 1 nitrogen and oxygen atoms in total. The van der Waals surface area contributed by atoms with Gasteiger partial charge in [0.15, 0.2) is 0 Å². The van der Waals surface area contributed by atoms with Crippen LogP contribution in [-0.4, -0.2) is 12.6 Å². The molecule has 0 aromatic carbocycles. The van der Waals surface area contributed by atoms with Gasteiger partial charge in [-0.25, -0.2) is 0 Å². The number of nitrogens with one attached hydrogen (secondary N) is 1. The van der Waals surface area contributed by atoms with Crippen molar-refractivity contribution in [1.29, 1.82) is 0 Å². The quantitative estimate of drug-likeness (QED) is 0.600. The highest BCUT2D eigenvalue weighted by Gasteiger charge is 2.20. The van der Waals surface area contributed by atoms with Crippen LogP contribution in [0.4, 0.5) is 0 Å². The molecule has 0 amide bonds. The molecule has 1 saturated carbocycles. The van der Waals surface area contributed by atoms with E-state index in [1.807, 2.05) is 0 Å². The molecule has 1 unspecified atom stereocenters. The second-order valence-electron chi connectivity index (χ2n) is 4.28. The van der Waals surface area contributed by atoms with Crippen molar-refractivity contribution in [2.75, 3.05) is 6.54 Å². The third-order valence-corrected chi connectivity index (χ3v) is 2.40. The summed E-state index contributed by atoms with van der Waals surface area (Å²) >= 11 is 0. The van der Waals surface area contributed by atoms with Gasteiger partial charge in [-0.05, 0) is 45.1 Å². The number of rotatable bonds is 6. The van der Waals surface area contributed by atoms with Crippen LogP contribution in [0.5, 0.6) is 0 Å². The lowest BCUT2D eigenvalue weighted by atomic mass is 10.0. The van der Waals surface area contributed by atoms with Crippen molar-refractivity contribution >= 4 is 0 Å². The molecule has 1 aliphatic rings. The largest absolute Gasteiger partial charge is 0.314 e. The molecule has 0 saturated heterocycles. The Bertz CT molecular complexity index is 147. The monoisotopic (exact) mass is 167 g/mol. The first-order valence-electron chi connectivity index (χ1n) is 5.06. The lowest BCUT2D eigenvalue weighted by Gasteiger charge is -2.11. The molecule has 70 valence electrons. The van der Waals surface area contributed by atoms with E-state index in [9.17, 15) is 0 Å². The topological polar surface area (TPSA) is 12.0 Å². The van der Waals surface area contributed by atoms with Gasteiger partial charge in [0.05, 0.1) is 0 Å². The molecule has 0 aliphatic heterocycles. The fourth-order valence-electron chi connectivity index (χ4n) is 1.25. The van der Waals surface area contributed by atoms with E-state index in [0.717, 1.165) is 12.0 Å². The molecule has 0 radical (unpaired) electrons. The number of allylic oxidation sites excluding steroid dienone is 1. The van der Waals surface area contributed by atoms with Crippen LogP contribution in [0.15, 0.2) is 12.2 Å². The molecule has 1 atom stereocenters.